The molecule has 2 heterocycles. The van der Waals surface area contributed by atoms with E-state index in [1.54, 1.807) is 7.11 Å². The summed E-state index contributed by atoms with van der Waals surface area (Å²) >= 11 is 0. The lowest BCUT2D eigenvalue weighted by atomic mass is 10.1. The average Bonchev–Trinajstić information content (AvgIpc) is 3.09. The van der Waals surface area contributed by atoms with Gasteiger partial charge >= 0.3 is 0 Å². The first-order chi connectivity index (χ1) is 8.86. The fourth-order valence-electron chi connectivity index (χ4n) is 2.12. The molecule has 1 aliphatic rings. The van der Waals surface area contributed by atoms with Crippen LogP contribution in [0.3, 0.4) is 0 Å². The Kier molecular flexibility index (Phi) is 2.98. The van der Waals surface area contributed by atoms with E-state index in [9.17, 15) is 0 Å². The molecule has 0 amide bonds. The predicted octanol–water partition coefficient (Wildman–Crippen LogP) is 1.82. The van der Waals surface area contributed by atoms with Crippen molar-refractivity contribution in [3.63, 3.8) is 0 Å². The molecular weight excluding hydrogens is 230 g/mol. The van der Waals surface area contributed by atoms with Gasteiger partial charge < -0.3 is 14.6 Å². The first-order valence-corrected chi connectivity index (χ1v) is 6.05. The van der Waals surface area contributed by atoms with Crippen LogP contribution in [0.4, 0.5) is 0 Å². The second-order valence-electron chi connectivity index (χ2n) is 4.37. The highest BCUT2D eigenvalue weighted by Gasteiger charge is 2.22. The van der Waals surface area contributed by atoms with Crippen molar-refractivity contribution in [1.29, 1.82) is 0 Å². The molecule has 18 heavy (non-hydrogen) atoms. The Labute approximate surface area is 105 Å². The second kappa shape index (κ2) is 4.78. The van der Waals surface area contributed by atoms with Crippen LogP contribution in [0.1, 0.15) is 18.2 Å². The first-order valence-electron chi connectivity index (χ1n) is 6.05. The van der Waals surface area contributed by atoms with Gasteiger partial charge in [0.05, 0.1) is 13.0 Å². The molecule has 0 aliphatic carbocycles. The van der Waals surface area contributed by atoms with Gasteiger partial charge in [-0.15, -0.1) is 0 Å². The smallest absolute Gasteiger partial charge is 0.231 e. The Hall–Kier alpha value is -1.88. The highest BCUT2D eigenvalue weighted by Crippen LogP contribution is 2.24. The van der Waals surface area contributed by atoms with E-state index in [1.165, 1.54) is 0 Å². The third kappa shape index (κ3) is 2.09. The summed E-state index contributed by atoms with van der Waals surface area (Å²) in [6.07, 6.45) is 1.06. The number of hydrogen-bond acceptors (Lipinski definition) is 5. The second-order valence-corrected chi connectivity index (χ2v) is 4.37. The minimum absolute atomic E-state index is 0.351. The Morgan fingerprint density at radius 1 is 1.33 bits per heavy atom. The maximum absolute atomic E-state index is 5.33. The third-order valence-corrected chi connectivity index (χ3v) is 3.20. The molecule has 1 N–H and O–H groups in total. The van der Waals surface area contributed by atoms with Gasteiger partial charge in [0.2, 0.25) is 11.7 Å². The number of aromatic nitrogens is 2. The van der Waals surface area contributed by atoms with Gasteiger partial charge in [0.25, 0.3) is 0 Å². The molecule has 0 saturated carbocycles. The predicted molar refractivity (Wildman–Crippen MR) is 66.5 cm³/mol. The summed E-state index contributed by atoms with van der Waals surface area (Å²) in [6.45, 7) is 1.94. The van der Waals surface area contributed by atoms with Crippen molar-refractivity contribution in [1.82, 2.24) is 15.5 Å². The van der Waals surface area contributed by atoms with Gasteiger partial charge in [-0.2, -0.15) is 4.98 Å². The standard InChI is InChI=1S/C13H15N3O2/c1-17-11-4-2-9(3-5-11)12-15-13(18-16-12)10-6-7-14-8-10/h2-5,10,14H,6-8H2,1H3. The molecule has 1 aromatic heterocycles. The van der Waals surface area contributed by atoms with Crippen LogP contribution in [0, 0.1) is 0 Å². The number of nitrogens with zero attached hydrogens (tertiary/aromatic N) is 2. The van der Waals surface area contributed by atoms with Crippen LogP contribution in [-0.2, 0) is 0 Å². The molecule has 0 spiro atoms. The van der Waals surface area contributed by atoms with E-state index in [-0.39, 0.29) is 0 Å². The van der Waals surface area contributed by atoms with Crippen molar-refractivity contribution in [2.24, 2.45) is 0 Å². The lowest BCUT2D eigenvalue weighted by Gasteiger charge is -2.00. The molecule has 0 radical (unpaired) electrons. The number of ether oxygens (including phenoxy) is 1. The van der Waals surface area contributed by atoms with E-state index in [2.05, 4.69) is 15.5 Å². The van der Waals surface area contributed by atoms with Gasteiger partial charge in [-0.3, -0.25) is 0 Å². The summed E-state index contributed by atoms with van der Waals surface area (Å²) in [7, 11) is 1.65. The van der Waals surface area contributed by atoms with E-state index in [0.29, 0.717) is 11.7 Å². The molecule has 94 valence electrons. The molecule has 2 aromatic rings. The van der Waals surface area contributed by atoms with Crippen LogP contribution in [0.15, 0.2) is 28.8 Å². The van der Waals surface area contributed by atoms with E-state index < -0.39 is 0 Å². The Bertz CT molecular complexity index is 515. The van der Waals surface area contributed by atoms with Gasteiger partial charge in [-0.05, 0) is 37.2 Å². The zero-order chi connectivity index (χ0) is 12.4. The van der Waals surface area contributed by atoms with Gasteiger partial charge in [-0.1, -0.05) is 5.16 Å². The maximum atomic E-state index is 5.33. The summed E-state index contributed by atoms with van der Waals surface area (Å²) in [5.74, 6) is 2.54. The van der Waals surface area contributed by atoms with Crippen molar-refractivity contribution in [2.45, 2.75) is 12.3 Å². The largest absolute Gasteiger partial charge is 0.497 e. The van der Waals surface area contributed by atoms with Crippen LogP contribution >= 0.6 is 0 Å². The number of benzene rings is 1. The Morgan fingerprint density at radius 3 is 2.83 bits per heavy atom. The molecular formula is C13H15N3O2. The Morgan fingerprint density at radius 2 is 2.17 bits per heavy atom. The zero-order valence-electron chi connectivity index (χ0n) is 10.2. The van der Waals surface area contributed by atoms with Crippen molar-refractivity contribution in [3.8, 4) is 17.1 Å². The quantitative estimate of drug-likeness (QED) is 0.893. The van der Waals surface area contributed by atoms with Crippen LogP contribution in [0.5, 0.6) is 5.75 Å². The van der Waals surface area contributed by atoms with Crippen molar-refractivity contribution < 1.29 is 9.26 Å². The van der Waals surface area contributed by atoms with E-state index in [4.69, 9.17) is 9.26 Å². The molecule has 5 nitrogen and oxygen atoms in total. The van der Waals surface area contributed by atoms with Gasteiger partial charge in [-0.25, -0.2) is 0 Å². The molecule has 1 aromatic carbocycles. The van der Waals surface area contributed by atoms with E-state index >= 15 is 0 Å². The fraction of sp³-hybridized carbons (Fsp3) is 0.385. The van der Waals surface area contributed by atoms with Gasteiger partial charge in [0, 0.05) is 12.1 Å². The number of nitrogens with one attached hydrogen (secondary N) is 1. The molecule has 1 unspecified atom stereocenters. The average molecular weight is 245 g/mol. The fourth-order valence-corrected chi connectivity index (χ4v) is 2.12. The first kappa shape index (κ1) is 11.2. The molecule has 0 bridgehead atoms. The summed E-state index contributed by atoms with van der Waals surface area (Å²) in [5, 5.41) is 7.32. The van der Waals surface area contributed by atoms with Crippen LogP contribution in [0.2, 0.25) is 0 Å². The normalized spacial score (nSPS) is 19.1. The lowest BCUT2D eigenvalue weighted by molar-refractivity contribution is 0.359. The molecule has 5 heteroatoms. The molecule has 1 atom stereocenters. The zero-order valence-corrected chi connectivity index (χ0v) is 10.2. The monoisotopic (exact) mass is 245 g/mol. The molecule has 1 saturated heterocycles. The third-order valence-electron chi connectivity index (χ3n) is 3.20. The number of hydrogen-bond donors (Lipinski definition) is 1. The highest BCUT2D eigenvalue weighted by molar-refractivity contribution is 5.55. The van der Waals surface area contributed by atoms with Crippen molar-refractivity contribution >= 4 is 0 Å². The maximum Gasteiger partial charge on any atom is 0.231 e. The van der Waals surface area contributed by atoms with Gasteiger partial charge in [0.15, 0.2) is 0 Å². The summed E-state index contributed by atoms with van der Waals surface area (Å²) in [5.41, 5.74) is 0.941. The summed E-state index contributed by atoms with van der Waals surface area (Å²) < 4.78 is 10.4. The van der Waals surface area contributed by atoms with Crippen LogP contribution in [0.25, 0.3) is 11.4 Å². The van der Waals surface area contributed by atoms with E-state index in [0.717, 1.165) is 36.7 Å². The van der Waals surface area contributed by atoms with Crippen LogP contribution in [-0.4, -0.2) is 30.3 Å². The highest BCUT2D eigenvalue weighted by atomic mass is 16.5. The number of rotatable bonds is 3. The summed E-state index contributed by atoms with van der Waals surface area (Å²) in [6, 6.07) is 7.64. The van der Waals surface area contributed by atoms with Crippen LogP contribution < -0.4 is 10.1 Å². The van der Waals surface area contributed by atoms with Crippen molar-refractivity contribution in [2.75, 3.05) is 20.2 Å². The Balaban J connectivity index is 1.82. The minimum Gasteiger partial charge on any atom is -0.497 e. The summed E-state index contributed by atoms with van der Waals surface area (Å²) in [4.78, 5) is 4.46. The number of methoxy groups -OCH3 is 1. The van der Waals surface area contributed by atoms with E-state index in [1.807, 2.05) is 24.3 Å². The van der Waals surface area contributed by atoms with Gasteiger partial charge in [0.1, 0.15) is 5.75 Å². The molecule has 1 aliphatic heterocycles. The topological polar surface area (TPSA) is 60.2 Å². The van der Waals surface area contributed by atoms with Crippen molar-refractivity contribution in [3.05, 3.63) is 30.2 Å². The lowest BCUT2D eigenvalue weighted by Crippen LogP contribution is -2.08. The molecule has 1 fully saturated rings. The SMILES string of the molecule is COc1ccc(-c2noc(C3CCNC3)n2)cc1. The molecule has 3 rings (SSSR count). The minimum atomic E-state index is 0.351.